The second kappa shape index (κ2) is 6.77. The SMILES string of the molecule is COc1nc2c(c(N3CC4CCC(C3)N4)n1)CCN(c1c(O)cccc1F)C2. The van der Waals surface area contributed by atoms with Gasteiger partial charge in [-0.3, -0.25) is 0 Å². The van der Waals surface area contributed by atoms with Crippen LogP contribution < -0.4 is 19.9 Å². The molecule has 5 rings (SSSR count). The number of anilines is 2. The van der Waals surface area contributed by atoms with Gasteiger partial charge in [-0.1, -0.05) is 6.07 Å². The molecule has 1 aromatic heterocycles. The number of phenolic OH excluding ortho intramolecular Hbond substituents is 1. The van der Waals surface area contributed by atoms with Crippen LogP contribution in [-0.2, 0) is 13.0 Å². The highest BCUT2D eigenvalue weighted by Crippen LogP contribution is 2.36. The van der Waals surface area contributed by atoms with Crippen molar-refractivity contribution in [2.24, 2.45) is 0 Å². The van der Waals surface area contributed by atoms with Gasteiger partial charge < -0.3 is 25.0 Å². The zero-order chi connectivity index (χ0) is 19.3. The number of ether oxygens (including phenoxy) is 1. The van der Waals surface area contributed by atoms with Crippen LogP contribution in [0.15, 0.2) is 18.2 Å². The number of nitrogens with one attached hydrogen (secondary N) is 1. The van der Waals surface area contributed by atoms with E-state index in [1.807, 2.05) is 4.90 Å². The second-order valence-electron chi connectivity index (χ2n) is 7.78. The number of methoxy groups -OCH3 is 1. The van der Waals surface area contributed by atoms with Crippen LogP contribution in [0.2, 0.25) is 0 Å². The highest BCUT2D eigenvalue weighted by molar-refractivity contribution is 5.61. The van der Waals surface area contributed by atoms with Crippen molar-refractivity contribution in [3.05, 3.63) is 35.3 Å². The Labute approximate surface area is 163 Å². The summed E-state index contributed by atoms with van der Waals surface area (Å²) in [5.74, 6) is 0.462. The van der Waals surface area contributed by atoms with Crippen molar-refractivity contribution in [1.82, 2.24) is 15.3 Å². The van der Waals surface area contributed by atoms with Crippen LogP contribution >= 0.6 is 0 Å². The number of aromatic hydroxyl groups is 1. The third-order valence-corrected chi connectivity index (χ3v) is 6.00. The fourth-order valence-corrected chi connectivity index (χ4v) is 4.72. The highest BCUT2D eigenvalue weighted by Gasteiger charge is 2.35. The molecule has 148 valence electrons. The van der Waals surface area contributed by atoms with E-state index in [1.54, 1.807) is 7.11 Å². The lowest BCUT2D eigenvalue weighted by Gasteiger charge is -2.37. The van der Waals surface area contributed by atoms with Crippen LogP contribution in [0.3, 0.4) is 0 Å². The molecular weight excluding hydrogens is 361 g/mol. The van der Waals surface area contributed by atoms with Gasteiger partial charge in [0.05, 0.1) is 19.3 Å². The molecule has 2 saturated heterocycles. The lowest BCUT2D eigenvalue weighted by atomic mass is 10.0. The van der Waals surface area contributed by atoms with E-state index in [2.05, 4.69) is 20.2 Å². The topological polar surface area (TPSA) is 73.8 Å². The van der Waals surface area contributed by atoms with E-state index in [9.17, 15) is 9.50 Å². The van der Waals surface area contributed by atoms with Crippen LogP contribution in [-0.4, -0.2) is 53.9 Å². The number of halogens is 1. The minimum absolute atomic E-state index is 0.0524. The smallest absolute Gasteiger partial charge is 0.318 e. The van der Waals surface area contributed by atoms with Gasteiger partial charge in [0.25, 0.3) is 0 Å². The molecule has 2 unspecified atom stereocenters. The van der Waals surface area contributed by atoms with Crippen molar-refractivity contribution >= 4 is 11.5 Å². The van der Waals surface area contributed by atoms with Crippen molar-refractivity contribution in [2.75, 3.05) is 36.5 Å². The predicted molar refractivity (Wildman–Crippen MR) is 104 cm³/mol. The van der Waals surface area contributed by atoms with Gasteiger partial charge in [-0.25, -0.2) is 4.39 Å². The fourth-order valence-electron chi connectivity index (χ4n) is 4.72. The molecule has 1 aromatic carbocycles. The first-order valence-electron chi connectivity index (χ1n) is 9.79. The predicted octanol–water partition coefficient (Wildman–Crippen LogP) is 1.83. The van der Waals surface area contributed by atoms with E-state index < -0.39 is 5.82 Å². The third-order valence-electron chi connectivity index (χ3n) is 6.00. The highest BCUT2D eigenvalue weighted by atomic mass is 19.1. The standard InChI is InChI=1S/C20H24FN5O2/c1-28-20-23-16-11-25(18-15(21)3-2-4-17(18)27)8-7-14(16)19(24-20)26-9-12-5-6-13(10-26)22-12/h2-4,12-13,22,27H,5-11H2,1H3. The molecule has 3 aliphatic rings. The summed E-state index contributed by atoms with van der Waals surface area (Å²) in [6.45, 7) is 2.87. The van der Waals surface area contributed by atoms with E-state index in [0.29, 0.717) is 37.6 Å². The molecule has 28 heavy (non-hydrogen) atoms. The number of para-hydroxylation sites is 1. The number of hydrogen-bond acceptors (Lipinski definition) is 7. The molecule has 0 saturated carbocycles. The van der Waals surface area contributed by atoms with Gasteiger partial charge in [-0.2, -0.15) is 9.97 Å². The molecule has 2 fully saturated rings. The summed E-state index contributed by atoms with van der Waals surface area (Å²) in [6, 6.07) is 5.73. The van der Waals surface area contributed by atoms with E-state index in [0.717, 1.165) is 30.2 Å². The largest absolute Gasteiger partial charge is 0.506 e. The second-order valence-corrected chi connectivity index (χ2v) is 7.78. The quantitative estimate of drug-likeness (QED) is 0.835. The number of aromatic nitrogens is 2. The summed E-state index contributed by atoms with van der Waals surface area (Å²) in [4.78, 5) is 13.4. The fraction of sp³-hybridized carbons (Fsp3) is 0.500. The van der Waals surface area contributed by atoms with Gasteiger partial charge in [0, 0.05) is 37.3 Å². The van der Waals surface area contributed by atoms with Gasteiger partial charge in [-0.05, 0) is 31.4 Å². The Morgan fingerprint density at radius 1 is 1.18 bits per heavy atom. The number of piperazine rings is 1. The summed E-state index contributed by atoms with van der Waals surface area (Å²) < 4.78 is 19.7. The summed E-state index contributed by atoms with van der Waals surface area (Å²) >= 11 is 0. The monoisotopic (exact) mass is 385 g/mol. The average Bonchev–Trinajstić information content (AvgIpc) is 3.04. The average molecular weight is 385 g/mol. The number of rotatable bonds is 3. The molecule has 3 aliphatic heterocycles. The number of phenols is 1. The summed E-state index contributed by atoms with van der Waals surface area (Å²) in [7, 11) is 1.57. The van der Waals surface area contributed by atoms with Gasteiger partial charge >= 0.3 is 6.01 Å². The van der Waals surface area contributed by atoms with Crippen molar-refractivity contribution in [3.63, 3.8) is 0 Å². The maximum absolute atomic E-state index is 14.3. The Hall–Kier alpha value is -2.61. The van der Waals surface area contributed by atoms with Crippen LogP contribution in [0.25, 0.3) is 0 Å². The van der Waals surface area contributed by atoms with E-state index >= 15 is 0 Å². The van der Waals surface area contributed by atoms with Crippen LogP contribution in [0, 0.1) is 5.82 Å². The van der Waals surface area contributed by atoms with Crippen molar-refractivity contribution < 1.29 is 14.2 Å². The first-order valence-corrected chi connectivity index (χ1v) is 9.79. The van der Waals surface area contributed by atoms with E-state index in [-0.39, 0.29) is 11.4 Å². The van der Waals surface area contributed by atoms with Gasteiger partial charge in [0.15, 0.2) is 0 Å². The van der Waals surface area contributed by atoms with E-state index in [1.165, 1.54) is 31.0 Å². The maximum atomic E-state index is 14.3. The van der Waals surface area contributed by atoms with E-state index in [4.69, 9.17) is 4.74 Å². The molecule has 8 heteroatoms. The molecule has 0 aliphatic carbocycles. The first kappa shape index (κ1) is 17.5. The van der Waals surface area contributed by atoms with Crippen molar-refractivity contribution in [1.29, 1.82) is 0 Å². The molecule has 4 heterocycles. The van der Waals surface area contributed by atoms with Gasteiger partial charge in [0.1, 0.15) is 23.1 Å². The zero-order valence-electron chi connectivity index (χ0n) is 15.9. The van der Waals surface area contributed by atoms with Gasteiger partial charge in [0.2, 0.25) is 0 Å². The number of benzene rings is 1. The minimum Gasteiger partial charge on any atom is -0.506 e. The molecular formula is C20H24FN5O2. The molecule has 7 nitrogen and oxygen atoms in total. The summed E-state index contributed by atoms with van der Waals surface area (Å²) in [5, 5.41) is 13.8. The minimum atomic E-state index is -0.427. The summed E-state index contributed by atoms with van der Waals surface area (Å²) in [5.41, 5.74) is 2.17. The Morgan fingerprint density at radius 2 is 1.96 bits per heavy atom. The maximum Gasteiger partial charge on any atom is 0.318 e. The Morgan fingerprint density at radius 3 is 2.68 bits per heavy atom. The summed E-state index contributed by atoms with van der Waals surface area (Å²) in [6.07, 6.45) is 3.10. The lowest BCUT2D eigenvalue weighted by molar-refractivity contribution is 0.374. The first-order chi connectivity index (χ1) is 13.6. The van der Waals surface area contributed by atoms with Gasteiger partial charge in [-0.15, -0.1) is 0 Å². The normalized spacial score (nSPS) is 23.6. The molecule has 0 spiro atoms. The number of fused-ring (bicyclic) bond motifs is 3. The molecule has 0 radical (unpaired) electrons. The van der Waals surface area contributed by atoms with Crippen molar-refractivity contribution in [2.45, 2.75) is 37.9 Å². The molecule has 2 N–H and O–H groups in total. The third kappa shape index (κ3) is 2.92. The molecule has 0 amide bonds. The van der Waals surface area contributed by atoms with Crippen LogP contribution in [0.1, 0.15) is 24.1 Å². The lowest BCUT2D eigenvalue weighted by Crippen LogP contribution is -2.52. The molecule has 2 bridgehead atoms. The molecule has 2 atom stereocenters. The van der Waals surface area contributed by atoms with Crippen LogP contribution in [0.5, 0.6) is 11.8 Å². The zero-order valence-corrected chi connectivity index (χ0v) is 15.9. The van der Waals surface area contributed by atoms with Crippen molar-refractivity contribution in [3.8, 4) is 11.8 Å². The van der Waals surface area contributed by atoms with Crippen LogP contribution in [0.4, 0.5) is 15.9 Å². The number of hydrogen-bond donors (Lipinski definition) is 2. The Balaban J connectivity index is 1.50. The number of nitrogens with zero attached hydrogens (tertiary/aromatic N) is 4. The Bertz CT molecular complexity index is 876. The molecule has 2 aromatic rings. The Kier molecular flexibility index (Phi) is 4.23.